The minimum Gasteiger partial charge on any atom is -0.338 e. The average Bonchev–Trinajstić information content (AvgIpc) is 3.18. The maximum Gasteiger partial charge on any atom is 0.238 e. The van der Waals surface area contributed by atoms with Gasteiger partial charge < -0.3 is 10.2 Å². The van der Waals surface area contributed by atoms with E-state index in [1.54, 1.807) is 0 Å². The number of carbonyl (C=O) groups is 1. The standard InChI is InChI=1S/C15H26N2OS/c1-15(7-2-10-19-15)14(18)17(13-3-4-13)11-12-5-8-16-9-6-12/h12-13,16H,2-11H2,1H3. The molecular formula is C15H26N2OS. The monoisotopic (exact) mass is 282 g/mol. The van der Waals surface area contributed by atoms with Crippen LogP contribution < -0.4 is 5.32 Å². The third kappa shape index (κ3) is 3.10. The second-order valence-corrected chi connectivity index (χ2v) is 8.16. The molecule has 108 valence electrons. The van der Waals surface area contributed by atoms with Crippen molar-refractivity contribution in [2.45, 2.75) is 56.2 Å². The fraction of sp³-hybridized carbons (Fsp3) is 0.933. The number of hydrogen-bond donors (Lipinski definition) is 1. The molecule has 2 saturated heterocycles. The van der Waals surface area contributed by atoms with Gasteiger partial charge in [-0.3, -0.25) is 4.79 Å². The van der Waals surface area contributed by atoms with E-state index in [-0.39, 0.29) is 4.75 Å². The van der Waals surface area contributed by atoms with Gasteiger partial charge in [0.05, 0.1) is 4.75 Å². The molecule has 1 amide bonds. The number of carbonyl (C=O) groups excluding carboxylic acids is 1. The highest BCUT2D eigenvalue weighted by molar-refractivity contribution is 8.01. The van der Waals surface area contributed by atoms with Crippen LogP contribution in [0, 0.1) is 5.92 Å². The summed E-state index contributed by atoms with van der Waals surface area (Å²) in [5, 5.41) is 3.42. The maximum absolute atomic E-state index is 12.9. The van der Waals surface area contributed by atoms with Crippen LogP contribution in [0.15, 0.2) is 0 Å². The van der Waals surface area contributed by atoms with Gasteiger partial charge in [0, 0.05) is 12.6 Å². The summed E-state index contributed by atoms with van der Waals surface area (Å²) in [5.74, 6) is 2.32. The lowest BCUT2D eigenvalue weighted by Gasteiger charge is -2.35. The lowest BCUT2D eigenvalue weighted by atomic mass is 9.96. The van der Waals surface area contributed by atoms with Crippen LogP contribution in [-0.4, -0.2) is 47.0 Å². The highest BCUT2D eigenvalue weighted by atomic mass is 32.2. The summed E-state index contributed by atoms with van der Waals surface area (Å²) in [6.45, 7) is 5.44. The summed E-state index contributed by atoms with van der Waals surface area (Å²) in [6, 6.07) is 0.570. The molecular weight excluding hydrogens is 256 g/mol. The van der Waals surface area contributed by atoms with E-state index in [1.807, 2.05) is 11.8 Å². The largest absolute Gasteiger partial charge is 0.338 e. The molecule has 1 aliphatic carbocycles. The van der Waals surface area contributed by atoms with Gasteiger partial charge in [-0.15, -0.1) is 11.8 Å². The Kier molecular flexibility index (Phi) is 4.08. The van der Waals surface area contributed by atoms with Crippen LogP contribution >= 0.6 is 11.8 Å². The van der Waals surface area contributed by atoms with E-state index < -0.39 is 0 Å². The van der Waals surface area contributed by atoms with Crippen molar-refractivity contribution in [1.29, 1.82) is 0 Å². The SMILES string of the molecule is CC1(C(=O)N(CC2CCNCC2)C2CC2)CCCS1. The Bertz CT molecular complexity index is 331. The smallest absolute Gasteiger partial charge is 0.238 e. The Morgan fingerprint density at radius 1 is 1.32 bits per heavy atom. The van der Waals surface area contributed by atoms with Crippen molar-refractivity contribution in [3.63, 3.8) is 0 Å². The van der Waals surface area contributed by atoms with Gasteiger partial charge in [0.15, 0.2) is 0 Å². The summed E-state index contributed by atoms with van der Waals surface area (Å²) in [4.78, 5) is 15.2. The van der Waals surface area contributed by atoms with Crippen molar-refractivity contribution in [3.8, 4) is 0 Å². The molecule has 1 atom stereocenters. The molecule has 0 radical (unpaired) electrons. The minimum atomic E-state index is -0.116. The van der Waals surface area contributed by atoms with Crippen molar-refractivity contribution < 1.29 is 4.79 Å². The fourth-order valence-electron chi connectivity index (χ4n) is 3.38. The zero-order valence-corrected chi connectivity index (χ0v) is 12.8. The Morgan fingerprint density at radius 3 is 2.63 bits per heavy atom. The molecule has 0 aromatic carbocycles. The third-order valence-electron chi connectivity index (χ3n) is 4.83. The molecule has 2 aliphatic heterocycles. The number of piperidine rings is 1. The third-order valence-corrected chi connectivity index (χ3v) is 6.34. The van der Waals surface area contributed by atoms with Crippen molar-refractivity contribution in [3.05, 3.63) is 0 Å². The lowest BCUT2D eigenvalue weighted by Crippen LogP contribution is -2.48. The summed E-state index contributed by atoms with van der Waals surface area (Å²) < 4.78 is -0.116. The van der Waals surface area contributed by atoms with E-state index >= 15 is 0 Å². The highest BCUT2D eigenvalue weighted by Gasteiger charge is 2.44. The molecule has 2 heterocycles. The molecule has 3 aliphatic rings. The molecule has 19 heavy (non-hydrogen) atoms. The molecule has 3 nitrogen and oxygen atoms in total. The van der Waals surface area contributed by atoms with E-state index in [9.17, 15) is 4.79 Å². The Hall–Kier alpha value is -0.220. The number of amides is 1. The van der Waals surface area contributed by atoms with Crippen LogP contribution in [0.5, 0.6) is 0 Å². The molecule has 4 heteroatoms. The van der Waals surface area contributed by atoms with E-state index in [0.717, 1.165) is 37.7 Å². The van der Waals surface area contributed by atoms with Crippen LogP contribution in [0.3, 0.4) is 0 Å². The number of nitrogens with one attached hydrogen (secondary N) is 1. The van der Waals surface area contributed by atoms with Gasteiger partial charge >= 0.3 is 0 Å². The number of nitrogens with zero attached hydrogens (tertiary/aromatic N) is 1. The normalized spacial score (nSPS) is 32.5. The van der Waals surface area contributed by atoms with E-state index in [0.29, 0.717) is 11.9 Å². The van der Waals surface area contributed by atoms with Gasteiger partial charge in [-0.2, -0.15) is 0 Å². The first-order valence-corrected chi connectivity index (χ1v) is 8.83. The molecule has 3 rings (SSSR count). The topological polar surface area (TPSA) is 32.3 Å². The van der Waals surface area contributed by atoms with Crippen molar-refractivity contribution in [1.82, 2.24) is 10.2 Å². The van der Waals surface area contributed by atoms with Gasteiger partial charge in [0.1, 0.15) is 0 Å². The van der Waals surface area contributed by atoms with Crippen LogP contribution in [0.25, 0.3) is 0 Å². The zero-order chi connectivity index (χ0) is 13.3. The maximum atomic E-state index is 12.9. The van der Waals surface area contributed by atoms with Gasteiger partial charge in [-0.1, -0.05) is 0 Å². The predicted molar refractivity (Wildman–Crippen MR) is 80.4 cm³/mol. The first-order valence-electron chi connectivity index (χ1n) is 7.85. The van der Waals surface area contributed by atoms with Crippen molar-refractivity contribution in [2.75, 3.05) is 25.4 Å². The summed E-state index contributed by atoms with van der Waals surface area (Å²) in [7, 11) is 0. The summed E-state index contributed by atoms with van der Waals surface area (Å²) in [5.41, 5.74) is 0. The van der Waals surface area contributed by atoms with Crippen molar-refractivity contribution in [2.24, 2.45) is 5.92 Å². The Morgan fingerprint density at radius 2 is 2.05 bits per heavy atom. The van der Waals surface area contributed by atoms with Gasteiger partial charge in [0.2, 0.25) is 5.91 Å². The second-order valence-electron chi connectivity index (χ2n) is 6.56. The van der Waals surface area contributed by atoms with Crippen LogP contribution in [0.4, 0.5) is 0 Å². The second kappa shape index (κ2) is 5.65. The molecule has 0 aromatic heterocycles. The lowest BCUT2D eigenvalue weighted by molar-refractivity contribution is -0.134. The number of hydrogen-bond acceptors (Lipinski definition) is 3. The van der Waals surface area contributed by atoms with Crippen LogP contribution in [0.1, 0.15) is 45.4 Å². The summed E-state index contributed by atoms with van der Waals surface area (Å²) in [6.07, 6.45) is 7.22. The number of thioether (sulfide) groups is 1. The molecule has 0 spiro atoms. The fourth-order valence-corrected chi connectivity index (χ4v) is 4.65. The quantitative estimate of drug-likeness (QED) is 0.858. The van der Waals surface area contributed by atoms with E-state index in [4.69, 9.17) is 0 Å². The van der Waals surface area contributed by atoms with Crippen LogP contribution in [0.2, 0.25) is 0 Å². The highest BCUT2D eigenvalue weighted by Crippen LogP contribution is 2.41. The first-order chi connectivity index (χ1) is 9.19. The predicted octanol–water partition coefficient (Wildman–Crippen LogP) is 2.26. The molecule has 0 bridgehead atoms. The van der Waals surface area contributed by atoms with Crippen molar-refractivity contribution >= 4 is 17.7 Å². The summed E-state index contributed by atoms with van der Waals surface area (Å²) >= 11 is 1.88. The van der Waals surface area contributed by atoms with E-state index in [1.165, 1.54) is 32.1 Å². The average molecular weight is 282 g/mol. The molecule has 3 fully saturated rings. The number of rotatable bonds is 4. The molecule has 1 N–H and O–H groups in total. The molecule has 0 aromatic rings. The Balaban J connectivity index is 1.64. The molecule has 1 unspecified atom stereocenters. The molecule has 1 saturated carbocycles. The first kappa shape index (κ1) is 13.7. The van der Waals surface area contributed by atoms with Crippen LogP contribution in [-0.2, 0) is 4.79 Å². The van der Waals surface area contributed by atoms with Gasteiger partial charge in [-0.05, 0) is 70.2 Å². The zero-order valence-electron chi connectivity index (χ0n) is 12.0. The minimum absolute atomic E-state index is 0.116. The van der Waals surface area contributed by atoms with Gasteiger partial charge in [0.25, 0.3) is 0 Å². The van der Waals surface area contributed by atoms with E-state index in [2.05, 4.69) is 17.1 Å². The van der Waals surface area contributed by atoms with Gasteiger partial charge in [-0.25, -0.2) is 0 Å². The Labute approximate surface area is 120 Å².